The average Bonchev–Trinajstić information content (AvgIpc) is 3.67. The van der Waals surface area contributed by atoms with Gasteiger partial charge in [0.05, 0.1) is 47.4 Å². The van der Waals surface area contributed by atoms with Gasteiger partial charge in [-0.25, -0.2) is 13.8 Å². The second kappa shape index (κ2) is 16.1. The summed E-state index contributed by atoms with van der Waals surface area (Å²) in [4.78, 5) is 21.7. The van der Waals surface area contributed by atoms with Gasteiger partial charge in [0.25, 0.3) is 5.92 Å². The van der Waals surface area contributed by atoms with E-state index in [1.54, 1.807) is 19.9 Å². The quantitative estimate of drug-likeness (QED) is 0.198. The van der Waals surface area contributed by atoms with Gasteiger partial charge in [-0.05, 0) is 86.6 Å². The van der Waals surface area contributed by atoms with Crippen molar-refractivity contribution < 1.29 is 23.0 Å². The van der Waals surface area contributed by atoms with E-state index in [1.165, 1.54) is 19.0 Å². The first-order valence-electron chi connectivity index (χ1n) is 15.2. The molecule has 1 aromatic rings. The van der Waals surface area contributed by atoms with Gasteiger partial charge in [0.2, 0.25) is 0 Å². The third kappa shape index (κ3) is 11.6. The summed E-state index contributed by atoms with van der Waals surface area (Å²) in [5.74, 6) is -2.58. The molecule has 230 valence electrons. The molecule has 0 aliphatic heterocycles. The lowest BCUT2D eigenvalue weighted by molar-refractivity contribution is -0.0845. The van der Waals surface area contributed by atoms with Gasteiger partial charge in [-0.1, -0.05) is 39.2 Å². The number of ether oxygens (including phenoxy) is 2. The number of ketones is 1. The van der Waals surface area contributed by atoms with Crippen LogP contribution in [0.15, 0.2) is 11.8 Å². The molecule has 1 fully saturated rings. The summed E-state index contributed by atoms with van der Waals surface area (Å²) < 4.78 is 40.4. The number of unbranched alkanes of at least 4 members (excludes halogenated alkanes) is 1. The van der Waals surface area contributed by atoms with Crippen LogP contribution in [0.2, 0.25) is 0 Å². The number of nitrogens with zero attached hydrogens (tertiary/aromatic N) is 2. The van der Waals surface area contributed by atoms with Crippen molar-refractivity contribution in [1.82, 2.24) is 9.97 Å². The zero-order chi connectivity index (χ0) is 30.7. The molecule has 1 saturated carbocycles. The van der Waals surface area contributed by atoms with E-state index in [4.69, 9.17) is 9.47 Å². The Balaban J connectivity index is 0.00000187. The molecule has 0 N–H and O–H groups in total. The molecule has 0 bridgehead atoms. The van der Waals surface area contributed by atoms with Crippen molar-refractivity contribution in [3.63, 3.8) is 0 Å². The van der Waals surface area contributed by atoms with Crippen LogP contribution in [0, 0.1) is 18.3 Å². The maximum absolute atomic E-state index is 14.1. The first-order valence-corrected chi connectivity index (χ1v) is 15.2. The molecular weight excluding hydrogens is 510 g/mol. The van der Waals surface area contributed by atoms with Crippen LogP contribution in [0.25, 0.3) is 6.08 Å². The highest BCUT2D eigenvalue weighted by Crippen LogP contribution is 2.61. The number of hydrogen-bond acceptors (Lipinski definition) is 5. The minimum absolute atomic E-state index is 0.0138. The number of rotatable bonds is 15. The summed E-state index contributed by atoms with van der Waals surface area (Å²) >= 11 is 0. The van der Waals surface area contributed by atoms with Gasteiger partial charge < -0.3 is 9.47 Å². The molecule has 2 rings (SSSR count). The molecule has 1 aromatic heterocycles. The monoisotopic (exact) mass is 566 g/mol. The van der Waals surface area contributed by atoms with E-state index in [-0.39, 0.29) is 29.5 Å². The Hall–Kier alpha value is -1.73. The van der Waals surface area contributed by atoms with E-state index < -0.39 is 11.3 Å². The van der Waals surface area contributed by atoms with Crippen LogP contribution in [0.5, 0.6) is 0 Å². The van der Waals surface area contributed by atoms with E-state index >= 15 is 0 Å². The molecule has 7 heteroatoms. The van der Waals surface area contributed by atoms with E-state index in [0.717, 1.165) is 19.8 Å². The molecule has 0 aromatic carbocycles. The molecule has 2 atom stereocenters. The molecule has 2 unspecified atom stereocenters. The third-order valence-corrected chi connectivity index (χ3v) is 7.59. The van der Waals surface area contributed by atoms with E-state index in [9.17, 15) is 13.6 Å². The predicted octanol–water partition coefficient (Wildman–Crippen LogP) is 9.42. The van der Waals surface area contributed by atoms with Crippen LogP contribution in [0.3, 0.4) is 0 Å². The molecule has 40 heavy (non-hydrogen) atoms. The Bertz CT molecular complexity index is 942. The Morgan fingerprint density at radius 1 is 1.12 bits per heavy atom. The molecule has 0 radical (unpaired) electrons. The second-order valence-corrected chi connectivity index (χ2v) is 12.7. The smallest absolute Gasteiger partial charge is 0.254 e. The molecule has 0 amide bonds. The van der Waals surface area contributed by atoms with Gasteiger partial charge in [0.15, 0.2) is 5.78 Å². The molecule has 1 heterocycles. The lowest BCUT2D eigenvalue weighted by Crippen LogP contribution is -2.33. The summed E-state index contributed by atoms with van der Waals surface area (Å²) in [6, 6.07) is 0. The van der Waals surface area contributed by atoms with Crippen LogP contribution < -0.4 is 0 Å². The summed E-state index contributed by atoms with van der Waals surface area (Å²) in [6.45, 7) is 21.8. The summed E-state index contributed by atoms with van der Waals surface area (Å²) in [5, 5.41) is 0. The maximum Gasteiger partial charge on any atom is 0.254 e. The van der Waals surface area contributed by atoms with Crippen molar-refractivity contribution in [3.8, 4) is 0 Å². The fourth-order valence-corrected chi connectivity index (χ4v) is 4.62. The van der Waals surface area contributed by atoms with E-state index in [1.807, 2.05) is 34.6 Å². The highest BCUT2D eigenvalue weighted by molar-refractivity contribution is 5.94. The summed E-state index contributed by atoms with van der Waals surface area (Å²) in [5.41, 5.74) is 0.755. The summed E-state index contributed by atoms with van der Waals surface area (Å²) in [7, 11) is 0. The zero-order valence-corrected chi connectivity index (χ0v) is 27.1. The van der Waals surface area contributed by atoms with Gasteiger partial charge in [-0.3, -0.25) is 9.78 Å². The minimum Gasteiger partial charge on any atom is -0.375 e. The number of allylic oxidation sites excluding steroid dienone is 1. The highest BCUT2D eigenvalue weighted by Gasteiger charge is 2.59. The molecule has 0 spiro atoms. The number of aryl methyl sites for hydroxylation is 1. The zero-order valence-electron chi connectivity index (χ0n) is 27.1. The van der Waals surface area contributed by atoms with E-state index in [0.29, 0.717) is 54.9 Å². The van der Waals surface area contributed by atoms with Crippen LogP contribution in [0.4, 0.5) is 8.78 Å². The largest absolute Gasteiger partial charge is 0.375 e. The average molecular weight is 567 g/mol. The molecule has 0 saturated heterocycles. The standard InChI is InChI=1S/C29H46F2N2O3.C4H10/c1-10-22(18-35-27(6,7)8)26(36-19(2)3)13-11-12-25(34)24-17-32-23(21(5)33-24)16-20(4)29(14-15-29)28(9,30)31;1-3-4-2/h16-17,19,22,26H,10-15,18H2,1-9H3;3-4H2,1-2H3/b20-16+;. The lowest BCUT2D eigenvalue weighted by Gasteiger charge is -2.31. The minimum atomic E-state index is -2.77. The Kier molecular flexibility index (Phi) is 14.6. The van der Waals surface area contributed by atoms with Crippen LogP contribution in [-0.4, -0.2) is 46.1 Å². The third-order valence-electron chi connectivity index (χ3n) is 7.59. The Labute approximate surface area is 242 Å². The number of carbonyl (C=O) groups excluding carboxylic acids is 1. The van der Waals surface area contributed by atoms with Crippen LogP contribution in [-0.2, 0) is 9.47 Å². The second-order valence-electron chi connectivity index (χ2n) is 12.7. The Morgan fingerprint density at radius 3 is 2.15 bits per heavy atom. The Morgan fingerprint density at radius 2 is 1.73 bits per heavy atom. The van der Waals surface area contributed by atoms with Gasteiger partial charge in [0, 0.05) is 19.3 Å². The van der Waals surface area contributed by atoms with Crippen molar-refractivity contribution >= 4 is 11.9 Å². The molecular formula is C33H56F2N2O3. The number of carbonyl (C=O) groups is 1. The number of aromatic nitrogens is 2. The first kappa shape index (κ1) is 36.3. The topological polar surface area (TPSA) is 61.3 Å². The van der Waals surface area contributed by atoms with Gasteiger partial charge >= 0.3 is 0 Å². The number of halogens is 2. The van der Waals surface area contributed by atoms with Gasteiger partial charge in [-0.2, -0.15) is 0 Å². The van der Waals surface area contributed by atoms with Crippen molar-refractivity contribution in [2.45, 2.75) is 151 Å². The summed E-state index contributed by atoms with van der Waals surface area (Å²) in [6.07, 6.45) is 9.58. The normalized spacial score (nSPS) is 16.8. The number of Topliss-reactive ketones (excluding diaryl/α,β-unsaturated/α-hetero) is 1. The van der Waals surface area contributed by atoms with Gasteiger partial charge in [0.1, 0.15) is 5.69 Å². The number of alkyl halides is 2. The predicted molar refractivity (Wildman–Crippen MR) is 161 cm³/mol. The van der Waals surface area contributed by atoms with E-state index in [2.05, 4.69) is 30.7 Å². The van der Waals surface area contributed by atoms with Gasteiger partial charge in [-0.15, -0.1) is 0 Å². The van der Waals surface area contributed by atoms with Crippen LogP contribution in [0.1, 0.15) is 142 Å². The fraction of sp³-hybridized carbons (Fsp3) is 0.788. The molecule has 5 nitrogen and oxygen atoms in total. The fourth-order valence-electron chi connectivity index (χ4n) is 4.62. The number of hydrogen-bond donors (Lipinski definition) is 0. The van der Waals surface area contributed by atoms with Crippen LogP contribution >= 0.6 is 0 Å². The van der Waals surface area contributed by atoms with Crippen molar-refractivity contribution in [3.05, 3.63) is 28.9 Å². The first-order chi connectivity index (χ1) is 18.5. The molecule has 1 aliphatic carbocycles. The maximum atomic E-state index is 14.1. The van der Waals surface area contributed by atoms with Crippen molar-refractivity contribution in [2.75, 3.05) is 6.61 Å². The SMILES string of the molecule is CCC(COC(C)(C)C)C(CCCC(=O)c1cnc(/C=C(\C)C2(C(C)(F)F)CC2)c(C)n1)OC(C)C.CCCC. The van der Waals surface area contributed by atoms with Crippen molar-refractivity contribution in [2.24, 2.45) is 11.3 Å². The highest BCUT2D eigenvalue weighted by atomic mass is 19.3. The van der Waals surface area contributed by atoms with Crippen molar-refractivity contribution in [1.29, 1.82) is 0 Å². The molecule has 1 aliphatic rings. The lowest BCUT2D eigenvalue weighted by atomic mass is 9.90.